The first-order valence-electron chi connectivity index (χ1n) is 4.12. The smallest absolute Gasteiger partial charge is 0 e. The molecule has 90 valence electrons. The molecule has 15 heavy (non-hydrogen) atoms. The van der Waals surface area contributed by atoms with Gasteiger partial charge in [0.15, 0.2) is 0 Å². The minimum Gasteiger partial charge on any atom is -0.269 e. The Balaban J connectivity index is -0.000000151. The standard InChI is InChI=1S/C10H16P.3BrH.Zr/c1-9(8-11(2)3)10-6-4-5-7-10;;;;/h4,6,9H,5,8H2,1-3H3;3*1H;/q-1;;;;. The van der Waals surface area contributed by atoms with Gasteiger partial charge in [0.1, 0.15) is 0 Å². The number of hydrogen-bond acceptors (Lipinski definition) is 0. The van der Waals surface area contributed by atoms with Crippen LogP contribution in [0.5, 0.6) is 0 Å². The molecule has 0 fully saturated rings. The second-order valence-corrected chi connectivity index (χ2v) is 5.93. The van der Waals surface area contributed by atoms with Crippen molar-refractivity contribution in [2.75, 3.05) is 19.5 Å². The number of allylic oxidation sites excluding steroid dienone is 4. The summed E-state index contributed by atoms with van der Waals surface area (Å²) in [5.74, 6) is 0.731. The van der Waals surface area contributed by atoms with Crippen LogP contribution in [0, 0.1) is 12.0 Å². The molecule has 0 saturated carbocycles. The molecule has 1 rings (SSSR count). The topological polar surface area (TPSA) is 0 Å². The molecule has 0 spiro atoms. The summed E-state index contributed by atoms with van der Waals surface area (Å²) in [6, 6.07) is 0. The Morgan fingerprint density at radius 1 is 1.33 bits per heavy atom. The van der Waals surface area contributed by atoms with E-state index in [2.05, 4.69) is 38.5 Å². The zero-order chi connectivity index (χ0) is 8.27. The van der Waals surface area contributed by atoms with Gasteiger partial charge in [0.25, 0.3) is 0 Å². The predicted octanol–water partition coefficient (Wildman–Crippen LogP) is 4.78. The Morgan fingerprint density at radius 3 is 2.20 bits per heavy atom. The molecule has 0 aromatic carbocycles. The van der Waals surface area contributed by atoms with E-state index in [0.29, 0.717) is 0 Å². The molecule has 0 aromatic heterocycles. The summed E-state index contributed by atoms with van der Waals surface area (Å²) in [5, 5.41) is 0. The van der Waals surface area contributed by atoms with E-state index in [1.54, 1.807) is 0 Å². The van der Waals surface area contributed by atoms with Crippen LogP contribution in [0.1, 0.15) is 13.3 Å². The van der Waals surface area contributed by atoms with E-state index < -0.39 is 0 Å². The van der Waals surface area contributed by atoms with E-state index in [9.17, 15) is 0 Å². The van der Waals surface area contributed by atoms with Gasteiger partial charge < -0.3 is 0 Å². The van der Waals surface area contributed by atoms with E-state index in [1.807, 2.05) is 0 Å². The van der Waals surface area contributed by atoms with Crippen LogP contribution in [0.25, 0.3) is 0 Å². The van der Waals surface area contributed by atoms with Crippen LogP contribution in [-0.2, 0) is 26.2 Å². The first-order chi connectivity index (χ1) is 5.20. The number of hydrogen-bond donors (Lipinski definition) is 0. The van der Waals surface area contributed by atoms with E-state index in [0.717, 1.165) is 12.3 Å². The van der Waals surface area contributed by atoms with Crippen LogP contribution >= 0.6 is 58.9 Å². The Bertz CT molecular complexity index is 193. The molecule has 0 bridgehead atoms. The summed E-state index contributed by atoms with van der Waals surface area (Å²) in [6.07, 6.45) is 10.2. The minimum absolute atomic E-state index is 0. The summed E-state index contributed by atoms with van der Waals surface area (Å²) in [7, 11) is 0.249. The van der Waals surface area contributed by atoms with Crippen molar-refractivity contribution in [3.63, 3.8) is 0 Å². The first kappa shape index (κ1) is 25.9. The molecular formula is C10H19Br3PZr-. The monoisotopic (exact) mass is 497 g/mol. The van der Waals surface area contributed by atoms with Crippen molar-refractivity contribution >= 4 is 58.9 Å². The van der Waals surface area contributed by atoms with Gasteiger partial charge in [-0.05, 0) is 25.4 Å². The minimum atomic E-state index is 0. The third-order valence-corrected chi connectivity index (χ3v) is 3.17. The first-order valence-corrected chi connectivity index (χ1v) is 6.54. The maximum atomic E-state index is 3.38. The van der Waals surface area contributed by atoms with Gasteiger partial charge in [-0.2, -0.15) is 6.08 Å². The summed E-state index contributed by atoms with van der Waals surface area (Å²) in [6.45, 7) is 6.98. The molecule has 0 saturated heterocycles. The summed E-state index contributed by atoms with van der Waals surface area (Å²) < 4.78 is 0. The van der Waals surface area contributed by atoms with Crippen LogP contribution in [-0.4, -0.2) is 19.5 Å². The predicted molar refractivity (Wildman–Crippen MR) is 84.3 cm³/mol. The molecular weight excluding hydrogens is 482 g/mol. The normalized spacial score (nSPS) is 14.0. The molecule has 5 heteroatoms. The summed E-state index contributed by atoms with van der Waals surface area (Å²) in [5.41, 5.74) is 1.43. The van der Waals surface area contributed by atoms with Gasteiger partial charge in [0.2, 0.25) is 0 Å². The molecule has 1 aliphatic rings. The maximum absolute atomic E-state index is 3.38. The molecule has 0 nitrogen and oxygen atoms in total. The fourth-order valence-electron chi connectivity index (χ4n) is 1.41. The molecule has 0 radical (unpaired) electrons. The van der Waals surface area contributed by atoms with Crippen LogP contribution in [0.2, 0.25) is 0 Å². The van der Waals surface area contributed by atoms with Crippen molar-refractivity contribution in [3.8, 4) is 0 Å². The molecule has 1 atom stereocenters. The SMILES string of the molecule is Br.Br.Br.CC(CP(C)C)C1=[C-]CC=C1.[Zr]. The number of halogens is 3. The summed E-state index contributed by atoms with van der Waals surface area (Å²) >= 11 is 0. The van der Waals surface area contributed by atoms with Crippen LogP contribution in [0.4, 0.5) is 0 Å². The Hall–Kier alpha value is 2.23. The van der Waals surface area contributed by atoms with Crippen molar-refractivity contribution in [1.82, 2.24) is 0 Å². The van der Waals surface area contributed by atoms with Crippen LogP contribution < -0.4 is 0 Å². The average molecular weight is 501 g/mol. The van der Waals surface area contributed by atoms with Gasteiger partial charge in [-0.15, -0.1) is 65.3 Å². The fourth-order valence-corrected chi connectivity index (χ4v) is 2.70. The molecule has 0 aromatic rings. The third-order valence-electron chi connectivity index (χ3n) is 1.89. The van der Waals surface area contributed by atoms with Crippen LogP contribution in [0.15, 0.2) is 17.7 Å². The largest absolute Gasteiger partial charge is 0.269 e. The van der Waals surface area contributed by atoms with E-state index in [-0.39, 0.29) is 85.1 Å². The Kier molecular flexibility index (Phi) is 24.7. The van der Waals surface area contributed by atoms with E-state index >= 15 is 0 Å². The third kappa shape index (κ3) is 11.1. The van der Waals surface area contributed by atoms with E-state index in [4.69, 9.17) is 0 Å². The number of rotatable bonds is 3. The molecule has 1 aliphatic carbocycles. The Morgan fingerprint density at radius 2 is 1.87 bits per heavy atom. The van der Waals surface area contributed by atoms with Crippen molar-refractivity contribution < 1.29 is 26.2 Å². The van der Waals surface area contributed by atoms with E-state index in [1.165, 1.54) is 11.7 Å². The van der Waals surface area contributed by atoms with Crippen molar-refractivity contribution in [3.05, 3.63) is 23.8 Å². The molecule has 0 amide bonds. The molecule has 0 N–H and O–H groups in total. The van der Waals surface area contributed by atoms with Crippen molar-refractivity contribution in [2.45, 2.75) is 13.3 Å². The average Bonchev–Trinajstić information content (AvgIpc) is 2.35. The van der Waals surface area contributed by atoms with Crippen LogP contribution in [0.3, 0.4) is 0 Å². The van der Waals surface area contributed by atoms with Gasteiger partial charge in [-0.3, -0.25) is 6.08 Å². The molecule has 0 heterocycles. The van der Waals surface area contributed by atoms with Gasteiger partial charge in [0, 0.05) is 26.2 Å². The quantitative estimate of drug-likeness (QED) is 0.386. The Labute approximate surface area is 146 Å². The van der Waals surface area contributed by atoms with Gasteiger partial charge in [0.05, 0.1) is 0 Å². The van der Waals surface area contributed by atoms with Gasteiger partial charge >= 0.3 is 0 Å². The fraction of sp³-hybridized carbons (Fsp3) is 0.600. The van der Waals surface area contributed by atoms with Crippen molar-refractivity contribution in [1.29, 1.82) is 0 Å². The van der Waals surface area contributed by atoms with Crippen molar-refractivity contribution in [2.24, 2.45) is 5.92 Å². The molecule has 1 unspecified atom stereocenters. The van der Waals surface area contributed by atoms with Gasteiger partial charge in [-0.25, -0.2) is 11.6 Å². The second-order valence-electron chi connectivity index (χ2n) is 3.40. The second kappa shape index (κ2) is 14.3. The summed E-state index contributed by atoms with van der Waals surface area (Å²) in [4.78, 5) is 0. The maximum Gasteiger partial charge on any atom is 0 e. The van der Waals surface area contributed by atoms with Gasteiger partial charge in [-0.1, -0.05) is 6.92 Å². The zero-order valence-electron chi connectivity index (χ0n) is 9.32. The zero-order valence-corrected chi connectivity index (χ0v) is 17.8. The molecule has 0 aliphatic heterocycles.